The first kappa shape index (κ1) is 21.0. The predicted octanol–water partition coefficient (Wildman–Crippen LogP) is -1.26. The van der Waals surface area contributed by atoms with Crippen molar-refractivity contribution in [1.29, 1.82) is 5.26 Å². The quantitative estimate of drug-likeness (QED) is 0.682. The van der Waals surface area contributed by atoms with Gasteiger partial charge in [0.2, 0.25) is 0 Å². The number of carboxylic acids is 1. The maximum atomic E-state index is 14.1. The molecular weight excluding hydrogens is 337 g/mol. The van der Waals surface area contributed by atoms with Crippen LogP contribution in [0.4, 0.5) is 8.78 Å². The molecular formula is C18H13F2N2NaO2. The minimum Gasteiger partial charge on any atom is -0.548 e. The van der Waals surface area contributed by atoms with Crippen LogP contribution in [-0.2, 0) is 4.79 Å². The summed E-state index contributed by atoms with van der Waals surface area (Å²) in [6, 6.07) is 10.1. The fourth-order valence-electron chi connectivity index (χ4n) is 2.16. The maximum Gasteiger partial charge on any atom is 1.00 e. The molecule has 0 fully saturated rings. The predicted molar refractivity (Wildman–Crippen MR) is 82.2 cm³/mol. The zero-order chi connectivity index (χ0) is 17.7. The Bertz CT molecular complexity index is 830. The molecule has 0 aliphatic heterocycles. The summed E-state index contributed by atoms with van der Waals surface area (Å²) < 4.78 is 27.3. The van der Waals surface area contributed by atoms with Crippen molar-refractivity contribution >= 4 is 11.5 Å². The zero-order valence-corrected chi connectivity index (χ0v) is 15.5. The van der Waals surface area contributed by atoms with E-state index in [0.29, 0.717) is 16.7 Å². The summed E-state index contributed by atoms with van der Waals surface area (Å²) in [5, 5.41) is 19.6. The van der Waals surface area contributed by atoms with E-state index >= 15 is 0 Å². The molecule has 4 nitrogen and oxygen atoms in total. The van der Waals surface area contributed by atoms with E-state index in [0.717, 1.165) is 12.1 Å². The molecule has 0 aliphatic carbocycles. The van der Waals surface area contributed by atoms with Gasteiger partial charge in [0, 0.05) is 17.7 Å². The van der Waals surface area contributed by atoms with Crippen LogP contribution in [0.2, 0.25) is 0 Å². The third kappa shape index (κ3) is 5.48. The molecule has 25 heavy (non-hydrogen) atoms. The Morgan fingerprint density at radius 1 is 1.24 bits per heavy atom. The first-order valence-corrected chi connectivity index (χ1v) is 7.05. The second kappa shape index (κ2) is 9.44. The zero-order valence-electron chi connectivity index (χ0n) is 13.5. The van der Waals surface area contributed by atoms with Gasteiger partial charge < -0.3 is 15.6 Å². The Balaban J connectivity index is 0.00000312. The number of carbonyl (C=O) groups is 1. The molecule has 0 spiro atoms. The Morgan fingerprint density at radius 2 is 1.88 bits per heavy atom. The van der Waals surface area contributed by atoms with Gasteiger partial charge in [-0.25, -0.2) is 8.78 Å². The van der Waals surface area contributed by atoms with Crippen molar-refractivity contribution in [3.8, 4) is 6.07 Å². The van der Waals surface area contributed by atoms with Gasteiger partial charge in [-0.05, 0) is 41.8 Å². The van der Waals surface area contributed by atoms with Gasteiger partial charge in [0.25, 0.3) is 0 Å². The van der Waals surface area contributed by atoms with Crippen LogP contribution in [0.3, 0.4) is 0 Å². The van der Waals surface area contributed by atoms with E-state index in [1.807, 2.05) is 6.07 Å². The molecule has 0 aliphatic rings. The maximum absolute atomic E-state index is 14.1. The number of nitriles is 1. The number of nitrogens with two attached hydrogens (primary N) is 1. The van der Waals surface area contributed by atoms with Crippen LogP contribution in [0.15, 0.2) is 48.5 Å². The number of halogens is 2. The summed E-state index contributed by atoms with van der Waals surface area (Å²) >= 11 is 0. The molecule has 1 atom stereocenters. The van der Waals surface area contributed by atoms with Crippen LogP contribution in [0.25, 0.3) is 5.57 Å². The normalized spacial score (nSPS) is 12.0. The van der Waals surface area contributed by atoms with E-state index in [1.165, 1.54) is 12.1 Å². The van der Waals surface area contributed by atoms with E-state index in [2.05, 4.69) is 0 Å². The molecule has 0 saturated heterocycles. The first-order valence-electron chi connectivity index (χ1n) is 7.05. The molecule has 0 amide bonds. The Hall–Kier alpha value is -2.04. The van der Waals surface area contributed by atoms with Gasteiger partial charge in [0.05, 0.1) is 17.6 Å². The number of benzene rings is 2. The van der Waals surface area contributed by atoms with Crippen molar-refractivity contribution in [2.75, 3.05) is 0 Å². The molecule has 0 radical (unpaired) electrons. The Labute approximate surface area is 165 Å². The van der Waals surface area contributed by atoms with E-state index < -0.39 is 23.6 Å². The third-order valence-corrected chi connectivity index (χ3v) is 3.42. The molecule has 2 rings (SSSR count). The molecule has 1 unspecified atom stereocenters. The van der Waals surface area contributed by atoms with E-state index in [1.54, 1.807) is 24.3 Å². The summed E-state index contributed by atoms with van der Waals surface area (Å²) in [7, 11) is 0. The molecule has 0 aromatic heterocycles. The van der Waals surface area contributed by atoms with E-state index in [9.17, 15) is 18.7 Å². The van der Waals surface area contributed by atoms with Crippen LogP contribution >= 0.6 is 0 Å². The van der Waals surface area contributed by atoms with E-state index in [-0.39, 0.29) is 41.5 Å². The van der Waals surface area contributed by atoms with Gasteiger partial charge in [-0.3, -0.25) is 0 Å². The van der Waals surface area contributed by atoms with E-state index in [4.69, 9.17) is 11.0 Å². The number of carboxylic acid groups (broad SMARTS) is 1. The number of aliphatic carboxylic acids is 1. The average molecular weight is 350 g/mol. The average Bonchev–Trinajstić information content (AvgIpc) is 2.56. The largest absolute Gasteiger partial charge is 1.00 e. The second-order valence-electron chi connectivity index (χ2n) is 5.09. The van der Waals surface area contributed by atoms with Crippen LogP contribution in [0.1, 0.15) is 23.1 Å². The number of rotatable bonds is 5. The van der Waals surface area contributed by atoms with Gasteiger partial charge in [-0.15, -0.1) is 0 Å². The topological polar surface area (TPSA) is 89.9 Å². The molecule has 7 heteroatoms. The van der Waals surface area contributed by atoms with Gasteiger partial charge in [0.15, 0.2) is 0 Å². The molecule has 0 bridgehead atoms. The summed E-state index contributed by atoms with van der Waals surface area (Å²) in [5.74, 6) is -2.93. The summed E-state index contributed by atoms with van der Waals surface area (Å²) in [5.41, 5.74) is 6.85. The van der Waals surface area contributed by atoms with Crippen molar-refractivity contribution in [2.24, 2.45) is 5.73 Å². The van der Waals surface area contributed by atoms with Crippen molar-refractivity contribution in [3.05, 3.63) is 76.9 Å². The first-order chi connectivity index (χ1) is 11.4. The summed E-state index contributed by atoms with van der Waals surface area (Å²) in [6.07, 6.45) is 1.37. The molecule has 2 N–H and O–H groups in total. The monoisotopic (exact) mass is 350 g/mol. The fraction of sp³-hybridized carbons (Fsp3) is 0.111. The third-order valence-electron chi connectivity index (χ3n) is 3.42. The van der Waals surface area contributed by atoms with Gasteiger partial charge in [-0.1, -0.05) is 18.2 Å². The number of hydrogen-bond acceptors (Lipinski definition) is 4. The number of carbonyl (C=O) groups excluding carboxylic acids is 1. The van der Waals surface area contributed by atoms with Crippen molar-refractivity contribution < 1.29 is 48.2 Å². The van der Waals surface area contributed by atoms with Gasteiger partial charge in [0.1, 0.15) is 11.6 Å². The molecule has 0 saturated carbocycles. The van der Waals surface area contributed by atoms with Crippen LogP contribution in [0.5, 0.6) is 0 Å². The van der Waals surface area contributed by atoms with Crippen LogP contribution in [-0.4, -0.2) is 12.0 Å². The minimum atomic E-state index is -1.43. The molecule has 2 aromatic carbocycles. The van der Waals surface area contributed by atoms with Crippen molar-refractivity contribution in [2.45, 2.75) is 12.5 Å². The van der Waals surface area contributed by atoms with Gasteiger partial charge in [-0.2, -0.15) is 5.26 Å². The minimum absolute atomic E-state index is 0. The molecule has 2 aromatic rings. The standard InChI is InChI=1S/C18H14F2N2O2.Na/c19-13-5-6-15(16(20)9-13)14(7-8-17(22)18(23)24)12-3-1-11(10-21)2-4-12;/h1-7,9,17H,8,22H2,(H,23,24);/q;+1/p-1/b14-7-;. The number of hydrogen-bond donors (Lipinski definition) is 1. The Kier molecular flexibility index (Phi) is 7.94. The van der Waals surface area contributed by atoms with Gasteiger partial charge >= 0.3 is 29.6 Å². The SMILES string of the molecule is N#Cc1ccc(/C(=C/CC(N)C(=O)[O-])c2ccc(F)cc2F)cc1.[Na+]. The summed E-state index contributed by atoms with van der Waals surface area (Å²) in [4.78, 5) is 10.8. The second-order valence-corrected chi connectivity index (χ2v) is 5.09. The summed E-state index contributed by atoms with van der Waals surface area (Å²) in [6.45, 7) is 0. The van der Waals surface area contributed by atoms with Crippen molar-refractivity contribution in [3.63, 3.8) is 0 Å². The fourth-order valence-corrected chi connectivity index (χ4v) is 2.16. The Morgan fingerprint density at radius 3 is 2.40 bits per heavy atom. The van der Waals surface area contributed by atoms with Crippen LogP contribution in [0, 0.1) is 23.0 Å². The number of nitrogens with zero attached hydrogens (tertiary/aromatic N) is 1. The van der Waals surface area contributed by atoms with Crippen LogP contribution < -0.4 is 40.4 Å². The molecule has 0 heterocycles. The molecule has 122 valence electrons. The van der Waals surface area contributed by atoms with Crippen molar-refractivity contribution in [1.82, 2.24) is 0 Å². The smallest absolute Gasteiger partial charge is 0.548 e.